The zero-order valence-electron chi connectivity index (χ0n) is 19.4. The monoisotopic (exact) mass is 497 g/mol. The first kappa shape index (κ1) is 24.5. The summed E-state index contributed by atoms with van der Waals surface area (Å²) >= 11 is 1.07. The van der Waals surface area contributed by atoms with Crippen LogP contribution in [0.1, 0.15) is 33.4 Å². The van der Waals surface area contributed by atoms with Crippen molar-refractivity contribution in [3.63, 3.8) is 0 Å². The van der Waals surface area contributed by atoms with Crippen LogP contribution < -0.4 is 16.4 Å². The largest absolute Gasteiger partial charge is 0.383 e. The van der Waals surface area contributed by atoms with Gasteiger partial charge in [0.1, 0.15) is 28.8 Å². The Morgan fingerprint density at radius 1 is 1.14 bits per heavy atom. The van der Waals surface area contributed by atoms with Gasteiger partial charge in [0.2, 0.25) is 5.91 Å². The minimum absolute atomic E-state index is 0.00949. The van der Waals surface area contributed by atoms with Crippen molar-refractivity contribution in [3.05, 3.63) is 102 Å². The number of amides is 2. The summed E-state index contributed by atoms with van der Waals surface area (Å²) in [6.45, 7) is 0. The number of thioether (sulfide) groups is 1. The summed E-state index contributed by atoms with van der Waals surface area (Å²) in [6.07, 6.45) is 3.49. The smallest absolute Gasteiger partial charge is 0.259 e. The molecule has 0 fully saturated rings. The van der Waals surface area contributed by atoms with E-state index in [-0.39, 0.29) is 33.6 Å². The van der Waals surface area contributed by atoms with Gasteiger partial charge in [-0.3, -0.25) is 9.59 Å². The summed E-state index contributed by atoms with van der Waals surface area (Å²) in [5.41, 5.74) is 7.76. The van der Waals surface area contributed by atoms with Crippen molar-refractivity contribution in [1.29, 1.82) is 5.26 Å². The molecule has 0 saturated carbocycles. The first-order valence-electron chi connectivity index (χ1n) is 11.0. The third kappa shape index (κ3) is 5.71. The Labute approximate surface area is 212 Å². The van der Waals surface area contributed by atoms with E-state index < -0.39 is 11.9 Å². The number of aromatic nitrogens is 3. The molecular formula is C26H23N7O2S. The second-order valence-corrected chi connectivity index (χ2v) is 8.77. The summed E-state index contributed by atoms with van der Waals surface area (Å²) < 4.78 is 1.85. The van der Waals surface area contributed by atoms with E-state index in [1.54, 1.807) is 30.5 Å². The number of hydrogen-bond acceptors (Lipinski definition) is 7. The minimum atomic E-state index is -0.474. The molecule has 2 aromatic carbocycles. The molecule has 4 rings (SSSR count). The fourth-order valence-electron chi connectivity index (χ4n) is 3.54. The van der Waals surface area contributed by atoms with Crippen molar-refractivity contribution in [2.45, 2.75) is 11.1 Å². The van der Waals surface area contributed by atoms with Crippen molar-refractivity contribution in [3.8, 4) is 6.07 Å². The Kier molecular flexibility index (Phi) is 7.63. The van der Waals surface area contributed by atoms with Gasteiger partial charge in [0, 0.05) is 25.1 Å². The Balaban J connectivity index is 1.48. The van der Waals surface area contributed by atoms with Crippen LogP contribution in [0, 0.1) is 11.3 Å². The normalized spacial score (nSPS) is 11.3. The van der Waals surface area contributed by atoms with E-state index >= 15 is 0 Å². The molecule has 0 aliphatic carbocycles. The van der Waals surface area contributed by atoms with Gasteiger partial charge in [-0.05, 0) is 23.8 Å². The first-order chi connectivity index (χ1) is 17.5. The second kappa shape index (κ2) is 11.2. The van der Waals surface area contributed by atoms with E-state index in [9.17, 15) is 14.9 Å². The van der Waals surface area contributed by atoms with E-state index in [1.807, 2.05) is 60.3 Å². The van der Waals surface area contributed by atoms with Gasteiger partial charge in [-0.2, -0.15) is 5.26 Å². The number of nitrogens with one attached hydrogen (secondary N) is 2. The van der Waals surface area contributed by atoms with Gasteiger partial charge in [0.25, 0.3) is 5.91 Å². The average Bonchev–Trinajstić information content (AvgIpc) is 3.32. The number of para-hydroxylation sites is 1. The molecule has 2 aromatic heterocycles. The lowest BCUT2D eigenvalue weighted by molar-refractivity contribution is -0.119. The number of nitriles is 1. The van der Waals surface area contributed by atoms with Crippen molar-refractivity contribution in [2.75, 3.05) is 16.8 Å². The van der Waals surface area contributed by atoms with Crippen molar-refractivity contribution < 1.29 is 9.59 Å². The van der Waals surface area contributed by atoms with E-state index in [0.29, 0.717) is 11.5 Å². The molecule has 2 amide bonds. The number of carbonyl (C=O) groups excluding carboxylic acids is 2. The molecule has 0 radical (unpaired) electrons. The number of imidazole rings is 1. The predicted octanol–water partition coefficient (Wildman–Crippen LogP) is 3.52. The van der Waals surface area contributed by atoms with E-state index in [2.05, 4.69) is 20.6 Å². The molecule has 0 spiro atoms. The molecule has 0 aliphatic heterocycles. The summed E-state index contributed by atoms with van der Waals surface area (Å²) in [5.74, 6) is -0.0940. The number of anilines is 2. The highest BCUT2D eigenvalue weighted by atomic mass is 32.2. The number of rotatable bonds is 8. The predicted molar refractivity (Wildman–Crippen MR) is 138 cm³/mol. The molecule has 4 N–H and O–H groups in total. The highest BCUT2D eigenvalue weighted by Gasteiger charge is 2.22. The van der Waals surface area contributed by atoms with Crippen LogP contribution in [0.25, 0.3) is 0 Å². The lowest BCUT2D eigenvalue weighted by Crippen LogP contribution is -2.32. The molecule has 2 heterocycles. The van der Waals surface area contributed by atoms with Crippen LogP contribution in [0.15, 0.2) is 84.1 Å². The first-order valence-corrected chi connectivity index (χ1v) is 12.0. The van der Waals surface area contributed by atoms with Gasteiger partial charge in [-0.25, -0.2) is 9.97 Å². The van der Waals surface area contributed by atoms with Crippen LogP contribution >= 0.6 is 11.8 Å². The molecule has 10 heteroatoms. The fourth-order valence-corrected chi connectivity index (χ4v) is 4.31. The number of hydrogen-bond donors (Lipinski definition) is 3. The van der Waals surface area contributed by atoms with Crippen molar-refractivity contribution in [2.24, 2.45) is 7.05 Å². The molecule has 36 heavy (non-hydrogen) atoms. The van der Waals surface area contributed by atoms with Gasteiger partial charge in [-0.15, -0.1) is 0 Å². The van der Waals surface area contributed by atoms with Gasteiger partial charge < -0.3 is 20.9 Å². The highest BCUT2D eigenvalue weighted by Crippen LogP contribution is 2.26. The summed E-state index contributed by atoms with van der Waals surface area (Å²) in [4.78, 5) is 34.2. The van der Waals surface area contributed by atoms with Gasteiger partial charge in [0.15, 0.2) is 0 Å². The molecule has 0 aliphatic rings. The quantitative estimate of drug-likeness (QED) is 0.317. The minimum Gasteiger partial charge on any atom is -0.383 e. The number of aryl methyl sites for hydroxylation is 1. The Bertz CT molecular complexity index is 1420. The number of nitrogens with zero attached hydrogens (tertiary/aromatic N) is 4. The van der Waals surface area contributed by atoms with Crippen molar-refractivity contribution >= 4 is 35.1 Å². The van der Waals surface area contributed by atoms with Crippen LogP contribution in [-0.2, 0) is 11.8 Å². The maximum absolute atomic E-state index is 12.9. The fraction of sp³-hybridized carbons (Fsp3) is 0.115. The van der Waals surface area contributed by atoms with E-state index in [4.69, 9.17) is 5.73 Å². The number of nitrogen functional groups attached to an aromatic ring is 1. The number of carbonyl (C=O) groups is 2. The third-order valence-corrected chi connectivity index (χ3v) is 6.30. The van der Waals surface area contributed by atoms with Gasteiger partial charge >= 0.3 is 0 Å². The molecule has 9 nitrogen and oxygen atoms in total. The van der Waals surface area contributed by atoms with Crippen molar-refractivity contribution in [1.82, 2.24) is 19.9 Å². The Morgan fingerprint density at radius 2 is 1.83 bits per heavy atom. The Hall–Kier alpha value is -4.62. The lowest BCUT2D eigenvalue weighted by Gasteiger charge is -2.19. The Morgan fingerprint density at radius 3 is 2.47 bits per heavy atom. The molecular weight excluding hydrogens is 474 g/mol. The van der Waals surface area contributed by atoms with Crippen LogP contribution in [-0.4, -0.2) is 32.1 Å². The number of nitrogens with two attached hydrogens (primary N) is 1. The topological polar surface area (TPSA) is 139 Å². The maximum atomic E-state index is 12.9. The summed E-state index contributed by atoms with van der Waals surface area (Å²) in [6, 6.07) is 21.4. The molecule has 1 unspecified atom stereocenters. The zero-order valence-corrected chi connectivity index (χ0v) is 20.2. The lowest BCUT2D eigenvalue weighted by atomic mass is 10.1. The number of benzene rings is 2. The molecule has 4 aromatic rings. The number of pyridine rings is 1. The van der Waals surface area contributed by atoms with Gasteiger partial charge in [0.05, 0.1) is 16.9 Å². The van der Waals surface area contributed by atoms with E-state index in [1.165, 1.54) is 6.07 Å². The van der Waals surface area contributed by atoms with E-state index in [0.717, 1.165) is 17.3 Å². The molecule has 180 valence electrons. The molecule has 0 bridgehead atoms. The maximum Gasteiger partial charge on any atom is 0.259 e. The molecule has 0 saturated heterocycles. The zero-order chi connectivity index (χ0) is 25.5. The summed E-state index contributed by atoms with van der Waals surface area (Å²) in [5, 5.41) is 15.6. The third-order valence-electron chi connectivity index (χ3n) is 5.31. The van der Waals surface area contributed by atoms with Crippen LogP contribution in [0.5, 0.6) is 0 Å². The highest BCUT2D eigenvalue weighted by molar-refractivity contribution is 8.00. The standard InChI is InChI=1S/C26H23N7O2S/c1-33-13-12-29-24(33)22(17-8-4-2-5-9-17)31-21(34)16-36-26-18(15-27)14-20(23(28)32-26)25(35)30-19-10-6-3-7-11-19/h2-14,22H,16H2,1H3,(H2,28,32)(H,30,35)(H,31,34). The SMILES string of the molecule is Cn1ccnc1C(NC(=O)CSc1nc(N)c(C(=O)Nc2ccccc2)cc1C#N)c1ccccc1. The summed E-state index contributed by atoms with van der Waals surface area (Å²) in [7, 11) is 1.86. The van der Waals surface area contributed by atoms with Gasteiger partial charge in [-0.1, -0.05) is 60.3 Å². The van der Waals surface area contributed by atoms with Crippen LogP contribution in [0.4, 0.5) is 11.5 Å². The average molecular weight is 498 g/mol. The second-order valence-electron chi connectivity index (χ2n) is 7.80. The van der Waals surface area contributed by atoms with Crippen LogP contribution in [0.2, 0.25) is 0 Å². The molecule has 1 atom stereocenters. The van der Waals surface area contributed by atoms with Crippen LogP contribution in [0.3, 0.4) is 0 Å².